The summed E-state index contributed by atoms with van der Waals surface area (Å²) in [6.07, 6.45) is 1.79. The van der Waals surface area contributed by atoms with Crippen LogP contribution in [0.5, 0.6) is 0 Å². The van der Waals surface area contributed by atoms with Gasteiger partial charge >= 0.3 is 0 Å². The van der Waals surface area contributed by atoms with E-state index < -0.39 is 0 Å². The van der Waals surface area contributed by atoms with Gasteiger partial charge in [-0.05, 0) is 31.2 Å². The van der Waals surface area contributed by atoms with Crippen molar-refractivity contribution in [1.29, 1.82) is 0 Å². The van der Waals surface area contributed by atoms with E-state index in [1.54, 1.807) is 13.2 Å². The molecule has 2 aromatic heterocycles. The van der Waals surface area contributed by atoms with Crippen LogP contribution in [0.25, 0.3) is 0 Å². The number of hydrogen-bond donors (Lipinski definition) is 2. The maximum absolute atomic E-state index is 5.90. The predicted octanol–water partition coefficient (Wildman–Crippen LogP) is 1.72. The zero-order chi connectivity index (χ0) is 18.2. The summed E-state index contributed by atoms with van der Waals surface area (Å²) in [6.45, 7) is 6.60. The SMILES string of the molecule is CN=C(NCc1ccccn1)NCC(c1ccc(C)o1)N1CCOCC1. The van der Waals surface area contributed by atoms with Crippen molar-refractivity contribution in [1.82, 2.24) is 20.5 Å². The Hall–Kier alpha value is -2.38. The van der Waals surface area contributed by atoms with E-state index in [-0.39, 0.29) is 6.04 Å². The van der Waals surface area contributed by atoms with Gasteiger partial charge in [0.15, 0.2) is 5.96 Å². The molecule has 0 bridgehead atoms. The minimum atomic E-state index is 0.140. The monoisotopic (exact) mass is 357 g/mol. The van der Waals surface area contributed by atoms with Crippen molar-refractivity contribution in [3.63, 3.8) is 0 Å². The van der Waals surface area contributed by atoms with Gasteiger partial charge in [0.2, 0.25) is 0 Å². The molecule has 1 aliphatic heterocycles. The molecule has 0 radical (unpaired) electrons. The van der Waals surface area contributed by atoms with Gasteiger partial charge in [0.1, 0.15) is 11.5 Å². The first-order valence-electron chi connectivity index (χ1n) is 8.99. The minimum Gasteiger partial charge on any atom is -0.465 e. The van der Waals surface area contributed by atoms with E-state index in [1.807, 2.05) is 31.2 Å². The van der Waals surface area contributed by atoms with Crippen molar-refractivity contribution in [2.45, 2.75) is 19.5 Å². The van der Waals surface area contributed by atoms with Crippen LogP contribution in [0.1, 0.15) is 23.3 Å². The van der Waals surface area contributed by atoms with Crippen molar-refractivity contribution < 1.29 is 9.15 Å². The number of nitrogens with one attached hydrogen (secondary N) is 2. The lowest BCUT2D eigenvalue weighted by atomic mass is 10.1. The van der Waals surface area contributed by atoms with Gasteiger partial charge in [0.25, 0.3) is 0 Å². The first-order chi connectivity index (χ1) is 12.8. The van der Waals surface area contributed by atoms with Crippen molar-refractivity contribution in [3.8, 4) is 0 Å². The number of nitrogens with zero attached hydrogens (tertiary/aromatic N) is 3. The van der Waals surface area contributed by atoms with Crippen molar-refractivity contribution in [3.05, 3.63) is 53.7 Å². The molecule has 0 amide bonds. The molecule has 1 aliphatic rings. The van der Waals surface area contributed by atoms with Crippen molar-refractivity contribution in [2.75, 3.05) is 39.9 Å². The third-order valence-electron chi connectivity index (χ3n) is 4.43. The predicted molar refractivity (Wildman–Crippen MR) is 101 cm³/mol. The fourth-order valence-electron chi connectivity index (χ4n) is 3.02. The average Bonchev–Trinajstić information content (AvgIpc) is 3.12. The second kappa shape index (κ2) is 9.35. The Bertz CT molecular complexity index is 695. The van der Waals surface area contributed by atoms with Crippen LogP contribution in [0.2, 0.25) is 0 Å². The highest BCUT2D eigenvalue weighted by Gasteiger charge is 2.25. The largest absolute Gasteiger partial charge is 0.465 e. The molecule has 1 fully saturated rings. The lowest BCUT2D eigenvalue weighted by Gasteiger charge is -2.33. The Kier molecular flexibility index (Phi) is 6.62. The quantitative estimate of drug-likeness (QED) is 0.606. The van der Waals surface area contributed by atoms with Gasteiger partial charge < -0.3 is 19.8 Å². The van der Waals surface area contributed by atoms with Gasteiger partial charge in [-0.3, -0.25) is 14.9 Å². The zero-order valence-electron chi connectivity index (χ0n) is 15.4. The molecule has 140 valence electrons. The van der Waals surface area contributed by atoms with Crippen molar-refractivity contribution in [2.24, 2.45) is 4.99 Å². The summed E-state index contributed by atoms with van der Waals surface area (Å²) in [5, 5.41) is 6.72. The summed E-state index contributed by atoms with van der Waals surface area (Å²) in [5.74, 6) is 2.64. The van der Waals surface area contributed by atoms with Gasteiger partial charge in [-0.25, -0.2) is 0 Å². The fraction of sp³-hybridized carbons (Fsp3) is 0.474. The second-order valence-electron chi connectivity index (χ2n) is 6.24. The summed E-state index contributed by atoms with van der Waals surface area (Å²) in [5.41, 5.74) is 0.974. The fourth-order valence-corrected chi connectivity index (χ4v) is 3.02. The van der Waals surface area contributed by atoms with Crippen LogP contribution in [-0.2, 0) is 11.3 Å². The third-order valence-corrected chi connectivity index (χ3v) is 4.43. The molecule has 3 heterocycles. The van der Waals surface area contributed by atoms with E-state index >= 15 is 0 Å². The number of hydrogen-bond acceptors (Lipinski definition) is 5. The number of morpholine rings is 1. The number of aromatic nitrogens is 1. The molecule has 2 aromatic rings. The minimum absolute atomic E-state index is 0.140. The molecule has 1 atom stereocenters. The smallest absolute Gasteiger partial charge is 0.191 e. The second-order valence-corrected chi connectivity index (χ2v) is 6.24. The highest BCUT2D eigenvalue weighted by Crippen LogP contribution is 2.23. The number of furan rings is 1. The first kappa shape index (κ1) is 18.4. The maximum atomic E-state index is 5.90. The average molecular weight is 357 g/mol. The molecule has 1 saturated heterocycles. The van der Waals surface area contributed by atoms with E-state index in [4.69, 9.17) is 9.15 Å². The molecule has 7 heteroatoms. The van der Waals surface area contributed by atoms with E-state index in [9.17, 15) is 0 Å². The van der Waals surface area contributed by atoms with E-state index in [1.165, 1.54) is 0 Å². The molecule has 26 heavy (non-hydrogen) atoms. The molecule has 7 nitrogen and oxygen atoms in total. The molecule has 1 unspecified atom stereocenters. The highest BCUT2D eigenvalue weighted by molar-refractivity contribution is 5.79. The molecule has 2 N–H and O–H groups in total. The normalized spacial score (nSPS) is 17.1. The van der Waals surface area contributed by atoms with Gasteiger partial charge in [-0.15, -0.1) is 0 Å². The van der Waals surface area contributed by atoms with Gasteiger partial charge in [-0.1, -0.05) is 6.07 Å². The summed E-state index contributed by atoms with van der Waals surface area (Å²) in [7, 11) is 1.77. The molecule has 0 saturated carbocycles. The van der Waals surface area contributed by atoms with Crippen LogP contribution in [-0.4, -0.2) is 55.7 Å². The number of guanidine groups is 1. The summed E-state index contributed by atoms with van der Waals surface area (Å²) in [6, 6.07) is 10.1. The van der Waals surface area contributed by atoms with Crippen molar-refractivity contribution >= 4 is 5.96 Å². The van der Waals surface area contributed by atoms with E-state index in [0.29, 0.717) is 13.1 Å². The Balaban J connectivity index is 1.60. The molecule has 0 aliphatic carbocycles. The van der Waals surface area contributed by atoms with Gasteiger partial charge in [-0.2, -0.15) is 0 Å². The standard InChI is InChI=1S/C19H27N5O2/c1-15-6-7-18(26-15)17(24-9-11-25-12-10-24)14-23-19(20-2)22-13-16-5-3-4-8-21-16/h3-8,17H,9-14H2,1-2H3,(H2,20,22,23). The highest BCUT2D eigenvalue weighted by atomic mass is 16.5. The summed E-state index contributed by atoms with van der Waals surface area (Å²) >= 11 is 0. The van der Waals surface area contributed by atoms with Gasteiger partial charge in [0.05, 0.1) is 31.5 Å². The van der Waals surface area contributed by atoms with E-state index in [0.717, 1.165) is 49.5 Å². The Morgan fingerprint density at radius 2 is 2.08 bits per heavy atom. The molecule has 0 spiro atoms. The zero-order valence-corrected chi connectivity index (χ0v) is 15.4. The van der Waals surface area contributed by atoms with Crippen LogP contribution in [0.4, 0.5) is 0 Å². The topological polar surface area (TPSA) is 74.9 Å². The number of aliphatic imine (C=N–C) groups is 1. The number of pyridine rings is 1. The number of rotatable bonds is 6. The summed E-state index contributed by atoms with van der Waals surface area (Å²) < 4.78 is 11.4. The molecule has 3 rings (SSSR count). The Morgan fingerprint density at radius 3 is 2.73 bits per heavy atom. The molecular weight excluding hydrogens is 330 g/mol. The first-order valence-corrected chi connectivity index (χ1v) is 8.99. The van der Waals surface area contributed by atoms with Gasteiger partial charge in [0, 0.05) is 32.9 Å². The number of ether oxygens (including phenoxy) is 1. The van der Waals surface area contributed by atoms with Crippen LogP contribution >= 0.6 is 0 Å². The van der Waals surface area contributed by atoms with Crippen LogP contribution in [0.15, 0.2) is 45.9 Å². The maximum Gasteiger partial charge on any atom is 0.191 e. The lowest BCUT2D eigenvalue weighted by molar-refractivity contribution is 0.0124. The lowest BCUT2D eigenvalue weighted by Crippen LogP contribution is -2.46. The van der Waals surface area contributed by atoms with E-state index in [2.05, 4.69) is 31.6 Å². The Labute approximate surface area is 154 Å². The molecule has 0 aromatic carbocycles. The number of aryl methyl sites for hydroxylation is 1. The third kappa shape index (κ3) is 5.06. The summed E-state index contributed by atoms with van der Waals surface area (Å²) in [4.78, 5) is 11.0. The van der Waals surface area contributed by atoms with Crippen LogP contribution in [0.3, 0.4) is 0 Å². The molecular formula is C19H27N5O2. The van der Waals surface area contributed by atoms with Crippen LogP contribution in [0, 0.1) is 6.92 Å². The van der Waals surface area contributed by atoms with Crippen LogP contribution < -0.4 is 10.6 Å². The Morgan fingerprint density at radius 1 is 1.23 bits per heavy atom.